The van der Waals surface area contributed by atoms with Crippen LogP contribution in [0.3, 0.4) is 0 Å². The van der Waals surface area contributed by atoms with Crippen LogP contribution in [0.4, 0.5) is 5.69 Å². The maximum Gasteiger partial charge on any atom is 0.264 e. The number of methoxy groups -OCH3 is 1. The number of hydrogen-bond donors (Lipinski definition) is 1. The summed E-state index contributed by atoms with van der Waals surface area (Å²) < 4.78 is 35.2. The fourth-order valence-corrected chi connectivity index (χ4v) is 7.62. The third-order valence-electron chi connectivity index (χ3n) is 8.91. The number of carbonyl (C=O) groups is 2. The molecule has 1 aliphatic carbocycles. The van der Waals surface area contributed by atoms with Gasteiger partial charge in [0.15, 0.2) is 0 Å². The summed E-state index contributed by atoms with van der Waals surface area (Å²) in [6.45, 7) is 3.35. The molecule has 8 nitrogen and oxygen atoms in total. The second-order valence-electron chi connectivity index (χ2n) is 12.1. The molecular formula is C38H43N3O5S. The molecule has 246 valence electrons. The average molecular weight is 654 g/mol. The Morgan fingerprint density at radius 2 is 1.49 bits per heavy atom. The number of aryl methyl sites for hydroxylation is 1. The highest BCUT2D eigenvalue weighted by molar-refractivity contribution is 7.92. The second kappa shape index (κ2) is 15.3. The highest BCUT2D eigenvalue weighted by atomic mass is 32.2. The van der Waals surface area contributed by atoms with E-state index in [-0.39, 0.29) is 29.8 Å². The van der Waals surface area contributed by atoms with Gasteiger partial charge in [-0.25, -0.2) is 8.42 Å². The van der Waals surface area contributed by atoms with Gasteiger partial charge in [-0.15, -0.1) is 0 Å². The lowest BCUT2D eigenvalue weighted by Crippen LogP contribution is -2.54. The molecule has 4 aromatic rings. The summed E-state index contributed by atoms with van der Waals surface area (Å²) in [7, 11) is -2.59. The van der Waals surface area contributed by atoms with Gasteiger partial charge in [0.05, 0.1) is 17.7 Å². The molecule has 1 saturated carbocycles. The van der Waals surface area contributed by atoms with E-state index in [1.54, 1.807) is 37.4 Å². The largest absolute Gasteiger partial charge is 0.497 e. The first kappa shape index (κ1) is 33.7. The Kier molecular flexibility index (Phi) is 11.0. The molecule has 47 heavy (non-hydrogen) atoms. The van der Waals surface area contributed by atoms with E-state index >= 15 is 0 Å². The van der Waals surface area contributed by atoms with Gasteiger partial charge in [-0.1, -0.05) is 85.6 Å². The van der Waals surface area contributed by atoms with E-state index in [2.05, 4.69) is 5.32 Å². The van der Waals surface area contributed by atoms with E-state index in [0.717, 1.165) is 47.9 Å². The lowest BCUT2D eigenvalue weighted by atomic mass is 10.0. The Morgan fingerprint density at radius 1 is 0.851 bits per heavy atom. The van der Waals surface area contributed by atoms with Crippen LogP contribution in [0, 0.1) is 13.8 Å². The number of hydrogen-bond acceptors (Lipinski definition) is 5. The first-order valence-electron chi connectivity index (χ1n) is 16.1. The SMILES string of the molecule is COc1cccc(CN(C(=O)CN(c2cccc(C)c2C)S(=O)(=O)c2ccccc2)C(Cc2ccccc2)C(=O)NC2CCCC2)c1. The van der Waals surface area contributed by atoms with E-state index in [1.165, 1.54) is 21.3 Å². The molecule has 0 saturated heterocycles. The smallest absolute Gasteiger partial charge is 0.264 e. The van der Waals surface area contributed by atoms with Gasteiger partial charge in [-0.3, -0.25) is 13.9 Å². The molecule has 1 N–H and O–H groups in total. The summed E-state index contributed by atoms with van der Waals surface area (Å²) in [5, 5.41) is 3.21. The Hall–Kier alpha value is -4.63. The summed E-state index contributed by atoms with van der Waals surface area (Å²) >= 11 is 0. The molecule has 1 fully saturated rings. The van der Waals surface area contributed by atoms with Crippen LogP contribution in [0.1, 0.15) is 47.9 Å². The van der Waals surface area contributed by atoms with Gasteiger partial charge >= 0.3 is 0 Å². The number of sulfonamides is 1. The number of benzene rings is 4. The van der Waals surface area contributed by atoms with Gasteiger partial charge in [-0.05, 0) is 79.3 Å². The van der Waals surface area contributed by atoms with Gasteiger partial charge in [0.25, 0.3) is 10.0 Å². The normalized spacial score (nSPS) is 13.9. The average Bonchev–Trinajstić information content (AvgIpc) is 3.60. The minimum absolute atomic E-state index is 0.0412. The number of rotatable bonds is 13. The Bertz CT molecular complexity index is 1770. The number of nitrogens with one attached hydrogen (secondary N) is 1. The third-order valence-corrected chi connectivity index (χ3v) is 10.7. The summed E-state index contributed by atoms with van der Waals surface area (Å²) in [4.78, 5) is 30.5. The summed E-state index contributed by atoms with van der Waals surface area (Å²) in [6.07, 6.45) is 4.14. The van der Waals surface area contributed by atoms with Crippen molar-refractivity contribution in [2.24, 2.45) is 0 Å². The number of carbonyl (C=O) groups excluding carboxylic acids is 2. The van der Waals surface area contributed by atoms with Gasteiger partial charge < -0.3 is 15.0 Å². The predicted octanol–water partition coefficient (Wildman–Crippen LogP) is 6.21. The van der Waals surface area contributed by atoms with Gasteiger partial charge in [0, 0.05) is 19.0 Å². The molecule has 1 unspecified atom stereocenters. The maximum atomic E-state index is 14.7. The third kappa shape index (κ3) is 8.21. The topological polar surface area (TPSA) is 96.0 Å². The minimum atomic E-state index is -4.16. The lowest BCUT2D eigenvalue weighted by Gasteiger charge is -2.34. The predicted molar refractivity (Wildman–Crippen MR) is 185 cm³/mol. The van der Waals surface area contributed by atoms with Crippen LogP contribution in [0.15, 0.2) is 108 Å². The monoisotopic (exact) mass is 653 g/mol. The van der Waals surface area contributed by atoms with Crippen molar-refractivity contribution >= 4 is 27.5 Å². The van der Waals surface area contributed by atoms with E-state index in [0.29, 0.717) is 11.4 Å². The molecule has 0 aliphatic heterocycles. The van der Waals surface area contributed by atoms with E-state index in [1.807, 2.05) is 74.5 Å². The molecule has 0 aromatic heterocycles. The molecule has 1 aliphatic rings. The van der Waals surface area contributed by atoms with Crippen molar-refractivity contribution in [3.63, 3.8) is 0 Å². The second-order valence-corrected chi connectivity index (χ2v) is 14.0. The molecule has 0 heterocycles. The van der Waals surface area contributed by atoms with Crippen molar-refractivity contribution < 1.29 is 22.7 Å². The number of nitrogens with zero attached hydrogens (tertiary/aromatic N) is 2. The van der Waals surface area contributed by atoms with Crippen molar-refractivity contribution in [1.82, 2.24) is 10.2 Å². The zero-order chi connectivity index (χ0) is 33.4. The quantitative estimate of drug-likeness (QED) is 0.185. The zero-order valence-electron chi connectivity index (χ0n) is 27.3. The highest BCUT2D eigenvalue weighted by Crippen LogP contribution is 2.30. The molecule has 5 rings (SSSR count). The van der Waals surface area contributed by atoms with E-state index in [4.69, 9.17) is 4.74 Å². The van der Waals surface area contributed by atoms with Crippen molar-refractivity contribution in [2.75, 3.05) is 18.0 Å². The van der Waals surface area contributed by atoms with Crippen molar-refractivity contribution in [1.29, 1.82) is 0 Å². The Labute approximate surface area is 278 Å². The van der Waals surface area contributed by atoms with Gasteiger partial charge in [0.1, 0.15) is 18.3 Å². The van der Waals surface area contributed by atoms with Crippen LogP contribution in [0.2, 0.25) is 0 Å². The number of ether oxygens (including phenoxy) is 1. The summed E-state index contributed by atoms with van der Waals surface area (Å²) in [5.74, 6) is -0.120. The molecule has 9 heteroatoms. The van der Waals surface area contributed by atoms with Crippen LogP contribution >= 0.6 is 0 Å². The molecule has 4 aromatic carbocycles. The summed E-state index contributed by atoms with van der Waals surface area (Å²) in [6, 6.07) is 29.7. The number of amides is 2. The highest BCUT2D eigenvalue weighted by Gasteiger charge is 2.36. The first-order chi connectivity index (χ1) is 22.7. The van der Waals surface area contributed by atoms with Crippen LogP contribution in [-0.2, 0) is 32.6 Å². The van der Waals surface area contributed by atoms with Crippen LogP contribution in [0.5, 0.6) is 5.75 Å². The molecule has 0 spiro atoms. The van der Waals surface area contributed by atoms with Crippen molar-refractivity contribution in [3.8, 4) is 5.75 Å². The standard InChI is InChI=1S/C38H43N3O5S/c1-28-14-12-23-35(29(28)2)41(47(44,45)34-21-8-5-9-22-34)27-37(42)40(26-31-17-13-20-33(24-31)46-3)36(25-30-15-6-4-7-16-30)38(43)39-32-18-10-11-19-32/h4-9,12-17,20-24,32,36H,10-11,18-19,25-27H2,1-3H3,(H,39,43). The number of anilines is 1. The Morgan fingerprint density at radius 3 is 2.17 bits per heavy atom. The van der Waals surface area contributed by atoms with E-state index < -0.39 is 28.5 Å². The lowest BCUT2D eigenvalue weighted by molar-refractivity contribution is -0.140. The van der Waals surface area contributed by atoms with Crippen molar-refractivity contribution in [2.45, 2.75) is 69.5 Å². The fourth-order valence-electron chi connectivity index (χ4n) is 6.13. The van der Waals surface area contributed by atoms with Gasteiger partial charge in [-0.2, -0.15) is 0 Å². The van der Waals surface area contributed by atoms with E-state index in [9.17, 15) is 18.0 Å². The Balaban J connectivity index is 1.59. The molecular weight excluding hydrogens is 611 g/mol. The fraction of sp³-hybridized carbons (Fsp3) is 0.316. The minimum Gasteiger partial charge on any atom is -0.497 e. The summed E-state index contributed by atoms with van der Waals surface area (Å²) in [5.41, 5.74) is 3.71. The van der Waals surface area contributed by atoms with Gasteiger partial charge in [0.2, 0.25) is 11.8 Å². The molecule has 0 radical (unpaired) electrons. The zero-order valence-corrected chi connectivity index (χ0v) is 28.1. The van der Waals surface area contributed by atoms with Crippen molar-refractivity contribution in [3.05, 3.63) is 125 Å². The first-order valence-corrected chi connectivity index (χ1v) is 17.5. The molecule has 1 atom stereocenters. The van der Waals surface area contributed by atoms with Crippen LogP contribution < -0.4 is 14.4 Å². The molecule has 2 amide bonds. The maximum absolute atomic E-state index is 14.7. The van der Waals surface area contributed by atoms with Crippen LogP contribution in [0.25, 0.3) is 0 Å². The van der Waals surface area contributed by atoms with Crippen LogP contribution in [-0.4, -0.2) is 50.9 Å². The molecule has 0 bridgehead atoms.